The highest BCUT2D eigenvalue weighted by Gasteiger charge is 2.35. The fourth-order valence-electron chi connectivity index (χ4n) is 2.31. The zero-order valence-corrected chi connectivity index (χ0v) is 11.0. The first-order valence-electron chi connectivity index (χ1n) is 6.44. The summed E-state index contributed by atoms with van der Waals surface area (Å²) in [4.78, 5) is 14.1. The molecule has 0 aromatic heterocycles. The van der Waals surface area contributed by atoms with Crippen molar-refractivity contribution in [3.8, 4) is 6.07 Å². The fraction of sp³-hybridized carbons (Fsp3) is 0.846. The van der Waals surface area contributed by atoms with E-state index in [9.17, 15) is 4.79 Å². The van der Waals surface area contributed by atoms with Gasteiger partial charge in [-0.25, -0.2) is 0 Å². The summed E-state index contributed by atoms with van der Waals surface area (Å²) in [6, 6.07) is 2.18. The Labute approximate surface area is 104 Å². The number of amides is 1. The second-order valence-corrected chi connectivity index (χ2v) is 4.62. The molecule has 1 rings (SSSR count). The van der Waals surface area contributed by atoms with Gasteiger partial charge in [-0.2, -0.15) is 5.26 Å². The van der Waals surface area contributed by atoms with Gasteiger partial charge in [0.25, 0.3) is 0 Å². The third kappa shape index (κ3) is 3.44. The van der Waals surface area contributed by atoms with Gasteiger partial charge in [0.1, 0.15) is 0 Å². The number of hydrogen-bond donors (Lipinski definition) is 0. The molecule has 1 amide bonds. The Balaban J connectivity index is 2.62. The van der Waals surface area contributed by atoms with Crippen LogP contribution in [-0.2, 0) is 9.53 Å². The average molecular weight is 238 g/mol. The van der Waals surface area contributed by atoms with Gasteiger partial charge in [-0.15, -0.1) is 0 Å². The molecule has 96 valence electrons. The molecule has 4 nitrogen and oxygen atoms in total. The molecule has 1 fully saturated rings. The van der Waals surface area contributed by atoms with E-state index in [1.807, 2.05) is 20.8 Å². The summed E-state index contributed by atoms with van der Waals surface area (Å²) in [5.41, 5.74) is 0. The summed E-state index contributed by atoms with van der Waals surface area (Å²) in [6.07, 6.45) is 1.75. The number of nitriles is 1. The largest absolute Gasteiger partial charge is 0.377 e. The van der Waals surface area contributed by atoms with E-state index in [1.54, 1.807) is 4.90 Å². The third-order valence-electron chi connectivity index (χ3n) is 3.34. The summed E-state index contributed by atoms with van der Waals surface area (Å²) in [5, 5.41) is 8.81. The van der Waals surface area contributed by atoms with E-state index in [0.29, 0.717) is 19.7 Å². The van der Waals surface area contributed by atoms with Crippen molar-refractivity contribution in [3.63, 3.8) is 0 Å². The molecule has 3 unspecified atom stereocenters. The van der Waals surface area contributed by atoms with E-state index in [-0.39, 0.29) is 23.8 Å². The number of carbonyl (C=O) groups excluding carboxylic acids is 1. The van der Waals surface area contributed by atoms with Crippen molar-refractivity contribution in [2.45, 2.75) is 39.7 Å². The van der Waals surface area contributed by atoms with E-state index in [1.165, 1.54) is 0 Å². The lowest BCUT2D eigenvalue weighted by atomic mass is 9.97. The first-order valence-corrected chi connectivity index (χ1v) is 6.44. The number of nitrogens with zero attached hydrogens (tertiary/aromatic N) is 2. The second kappa shape index (κ2) is 6.61. The zero-order valence-electron chi connectivity index (χ0n) is 11.0. The Morgan fingerprint density at radius 1 is 1.59 bits per heavy atom. The first-order chi connectivity index (χ1) is 8.13. The summed E-state index contributed by atoms with van der Waals surface area (Å²) in [5.74, 6) is 0.0334. The van der Waals surface area contributed by atoms with Crippen LogP contribution in [0, 0.1) is 23.2 Å². The zero-order chi connectivity index (χ0) is 12.8. The highest BCUT2D eigenvalue weighted by Crippen LogP contribution is 2.25. The van der Waals surface area contributed by atoms with Crippen LogP contribution in [-0.4, -0.2) is 36.6 Å². The molecule has 0 bridgehead atoms. The van der Waals surface area contributed by atoms with Crippen molar-refractivity contribution in [2.24, 2.45) is 11.8 Å². The Hall–Kier alpha value is -1.08. The van der Waals surface area contributed by atoms with Gasteiger partial charge in [0.05, 0.1) is 24.0 Å². The third-order valence-corrected chi connectivity index (χ3v) is 3.34. The van der Waals surface area contributed by atoms with E-state index in [0.717, 1.165) is 12.8 Å². The number of hydrogen-bond acceptors (Lipinski definition) is 3. The summed E-state index contributed by atoms with van der Waals surface area (Å²) >= 11 is 0. The standard InChI is InChI=1S/C13H22N2O2/c1-4-12-11(6-7-17-12)13(16)15(5-2)9-10(3)8-14/h10-12H,4-7,9H2,1-3H3. The van der Waals surface area contributed by atoms with Crippen LogP contribution in [0.15, 0.2) is 0 Å². The molecule has 0 aromatic rings. The van der Waals surface area contributed by atoms with E-state index in [4.69, 9.17) is 10.00 Å². The molecule has 0 aromatic carbocycles. The van der Waals surface area contributed by atoms with Crippen molar-refractivity contribution in [3.05, 3.63) is 0 Å². The molecule has 0 radical (unpaired) electrons. The maximum Gasteiger partial charge on any atom is 0.228 e. The average Bonchev–Trinajstić information content (AvgIpc) is 2.82. The fourth-order valence-corrected chi connectivity index (χ4v) is 2.31. The maximum absolute atomic E-state index is 12.3. The summed E-state index contributed by atoms with van der Waals surface area (Å²) < 4.78 is 5.55. The molecule has 0 saturated carbocycles. The van der Waals surface area contributed by atoms with Crippen molar-refractivity contribution >= 4 is 5.91 Å². The van der Waals surface area contributed by atoms with Gasteiger partial charge in [-0.05, 0) is 26.7 Å². The van der Waals surface area contributed by atoms with Crippen LogP contribution in [0.1, 0.15) is 33.6 Å². The quantitative estimate of drug-likeness (QED) is 0.734. The van der Waals surface area contributed by atoms with Gasteiger partial charge in [0.15, 0.2) is 0 Å². The molecule has 1 aliphatic heterocycles. The van der Waals surface area contributed by atoms with E-state index < -0.39 is 0 Å². The molecule has 1 aliphatic rings. The molecule has 0 N–H and O–H groups in total. The van der Waals surface area contributed by atoms with Crippen molar-refractivity contribution in [2.75, 3.05) is 19.7 Å². The van der Waals surface area contributed by atoms with Crippen LogP contribution in [0.4, 0.5) is 0 Å². The molecular formula is C13H22N2O2. The Bertz CT molecular complexity index is 298. The minimum Gasteiger partial charge on any atom is -0.377 e. The van der Waals surface area contributed by atoms with Crippen LogP contribution in [0.25, 0.3) is 0 Å². The first kappa shape index (κ1) is 14.0. The highest BCUT2D eigenvalue weighted by molar-refractivity contribution is 5.79. The smallest absolute Gasteiger partial charge is 0.228 e. The van der Waals surface area contributed by atoms with Crippen LogP contribution in [0.2, 0.25) is 0 Å². The number of carbonyl (C=O) groups is 1. The van der Waals surface area contributed by atoms with Gasteiger partial charge in [-0.3, -0.25) is 4.79 Å². The van der Waals surface area contributed by atoms with Crippen LogP contribution in [0.3, 0.4) is 0 Å². The van der Waals surface area contributed by atoms with Gasteiger partial charge < -0.3 is 9.64 Å². The van der Waals surface area contributed by atoms with Crippen LogP contribution in [0.5, 0.6) is 0 Å². The number of rotatable bonds is 5. The summed E-state index contributed by atoms with van der Waals surface area (Å²) in [6.45, 7) is 7.72. The topological polar surface area (TPSA) is 53.3 Å². The van der Waals surface area contributed by atoms with Gasteiger partial charge in [0, 0.05) is 19.7 Å². The van der Waals surface area contributed by atoms with Gasteiger partial charge in [-0.1, -0.05) is 6.92 Å². The molecule has 0 spiro atoms. The highest BCUT2D eigenvalue weighted by atomic mass is 16.5. The predicted molar refractivity (Wildman–Crippen MR) is 65.2 cm³/mol. The normalized spacial score (nSPS) is 25.3. The molecule has 1 heterocycles. The Morgan fingerprint density at radius 2 is 2.29 bits per heavy atom. The van der Waals surface area contributed by atoms with Crippen molar-refractivity contribution in [1.82, 2.24) is 4.90 Å². The molecule has 1 saturated heterocycles. The lowest BCUT2D eigenvalue weighted by Gasteiger charge is -2.27. The molecule has 0 aliphatic carbocycles. The minimum absolute atomic E-state index is 0.00848. The molecule has 3 atom stereocenters. The molecule has 17 heavy (non-hydrogen) atoms. The van der Waals surface area contributed by atoms with Crippen LogP contribution >= 0.6 is 0 Å². The minimum atomic E-state index is -0.110. The van der Waals surface area contributed by atoms with Crippen molar-refractivity contribution in [1.29, 1.82) is 5.26 Å². The summed E-state index contributed by atoms with van der Waals surface area (Å²) in [7, 11) is 0. The molecule has 4 heteroatoms. The monoisotopic (exact) mass is 238 g/mol. The predicted octanol–water partition coefficient (Wildman–Crippen LogP) is 1.81. The van der Waals surface area contributed by atoms with Gasteiger partial charge in [0.2, 0.25) is 5.91 Å². The van der Waals surface area contributed by atoms with E-state index >= 15 is 0 Å². The maximum atomic E-state index is 12.3. The lowest BCUT2D eigenvalue weighted by Crippen LogP contribution is -2.41. The Kier molecular flexibility index (Phi) is 5.43. The molecular weight excluding hydrogens is 216 g/mol. The Morgan fingerprint density at radius 3 is 2.82 bits per heavy atom. The second-order valence-electron chi connectivity index (χ2n) is 4.62. The SMILES string of the molecule is CCC1OCCC1C(=O)N(CC)CC(C)C#N. The van der Waals surface area contributed by atoms with E-state index in [2.05, 4.69) is 6.07 Å². The lowest BCUT2D eigenvalue weighted by molar-refractivity contribution is -0.137. The van der Waals surface area contributed by atoms with Crippen molar-refractivity contribution < 1.29 is 9.53 Å². The van der Waals surface area contributed by atoms with Gasteiger partial charge >= 0.3 is 0 Å². The number of ether oxygens (including phenoxy) is 1. The van der Waals surface area contributed by atoms with Crippen LogP contribution < -0.4 is 0 Å².